The smallest absolute Gasteiger partial charge is 0.264 e. The predicted octanol–water partition coefficient (Wildman–Crippen LogP) is 3.27. The summed E-state index contributed by atoms with van der Waals surface area (Å²) >= 11 is 0. The Balaban J connectivity index is 2.43. The monoisotopic (exact) mass is 374 g/mol. The van der Waals surface area contributed by atoms with Crippen molar-refractivity contribution in [2.45, 2.75) is 32.6 Å². The van der Waals surface area contributed by atoms with Gasteiger partial charge in [0.2, 0.25) is 5.91 Å². The lowest BCUT2D eigenvalue weighted by Crippen LogP contribution is -2.42. The number of nitrogens with zero attached hydrogens (tertiary/aromatic N) is 1. The third-order valence-corrected chi connectivity index (χ3v) is 5.72. The summed E-state index contributed by atoms with van der Waals surface area (Å²) < 4.78 is 27.6. The molecule has 0 aliphatic heterocycles. The number of carbonyl (C=O) groups is 1. The molecule has 26 heavy (non-hydrogen) atoms. The van der Waals surface area contributed by atoms with E-state index in [1.165, 1.54) is 16.4 Å². The van der Waals surface area contributed by atoms with Crippen LogP contribution in [0, 0.1) is 19.8 Å². The standard InChI is InChI=1S/C20H26N2O3S/c1-15(2)13-21-20(23)14-22(19-11-10-16(3)12-17(19)4)26(24,25)18-8-6-5-7-9-18/h5-12,15H,13-14H2,1-4H3,(H,21,23). The van der Waals surface area contributed by atoms with Crippen molar-refractivity contribution in [1.82, 2.24) is 5.32 Å². The van der Waals surface area contributed by atoms with Gasteiger partial charge in [0.25, 0.3) is 10.0 Å². The van der Waals surface area contributed by atoms with E-state index in [0.717, 1.165) is 11.1 Å². The van der Waals surface area contributed by atoms with Crippen LogP contribution in [0.2, 0.25) is 0 Å². The van der Waals surface area contributed by atoms with Crippen LogP contribution in [0.1, 0.15) is 25.0 Å². The quantitative estimate of drug-likeness (QED) is 0.809. The molecule has 0 bridgehead atoms. The maximum Gasteiger partial charge on any atom is 0.264 e. The summed E-state index contributed by atoms with van der Waals surface area (Å²) in [6.07, 6.45) is 0. The highest BCUT2D eigenvalue weighted by atomic mass is 32.2. The minimum atomic E-state index is -3.85. The highest BCUT2D eigenvalue weighted by Crippen LogP contribution is 2.27. The summed E-state index contributed by atoms with van der Waals surface area (Å²) in [6, 6.07) is 13.7. The Bertz CT molecular complexity index is 862. The van der Waals surface area contributed by atoms with E-state index in [1.807, 2.05) is 39.8 Å². The first kappa shape index (κ1) is 20.0. The molecule has 140 valence electrons. The van der Waals surface area contributed by atoms with E-state index in [9.17, 15) is 13.2 Å². The molecule has 0 aliphatic rings. The fourth-order valence-electron chi connectivity index (χ4n) is 2.61. The van der Waals surface area contributed by atoms with Crippen molar-refractivity contribution >= 4 is 21.6 Å². The number of amides is 1. The number of hydrogen-bond donors (Lipinski definition) is 1. The van der Waals surface area contributed by atoms with Gasteiger partial charge in [-0.15, -0.1) is 0 Å². The maximum absolute atomic E-state index is 13.2. The van der Waals surface area contributed by atoms with E-state index in [4.69, 9.17) is 0 Å². The summed E-state index contributed by atoms with van der Waals surface area (Å²) in [5.74, 6) is -0.0302. The first-order valence-electron chi connectivity index (χ1n) is 8.63. The number of benzene rings is 2. The molecule has 1 N–H and O–H groups in total. The Morgan fingerprint density at radius 1 is 1.08 bits per heavy atom. The number of sulfonamides is 1. The molecular weight excluding hydrogens is 348 g/mol. The van der Waals surface area contributed by atoms with Crippen LogP contribution in [0.5, 0.6) is 0 Å². The lowest BCUT2D eigenvalue weighted by molar-refractivity contribution is -0.119. The number of hydrogen-bond acceptors (Lipinski definition) is 3. The Labute approximate surface area is 156 Å². The maximum atomic E-state index is 13.2. The van der Waals surface area contributed by atoms with Gasteiger partial charge in [-0.3, -0.25) is 9.10 Å². The van der Waals surface area contributed by atoms with Gasteiger partial charge in [0.15, 0.2) is 0 Å². The van der Waals surface area contributed by atoms with Crippen molar-refractivity contribution in [3.63, 3.8) is 0 Å². The average molecular weight is 375 g/mol. The van der Waals surface area contributed by atoms with Crippen LogP contribution >= 0.6 is 0 Å². The Hall–Kier alpha value is -2.34. The molecule has 6 heteroatoms. The van der Waals surface area contributed by atoms with Gasteiger partial charge in [-0.05, 0) is 43.5 Å². The van der Waals surface area contributed by atoms with Gasteiger partial charge in [-0.1, -0.05) is 49.7 Å². The van der Waals surface area contributed by atoms with Gasteiger partial charge in [0.05, 0.1) is 10.6 Å². The van der Waals surface area contributed by atoms with E-state index in [1.54, 1.807) is 24.3 Å². The molecule has 0 saturated heterocycles. The van der Waals surface area contributed by atoms with Crippen LogP contribution in [0.25, 0.3) is 0 Å². The van der Waals surface area contributed by atoms with Crippen molar-refractivity contribution in [3.05, 3.63) is 59.7 Å². The zero-order valence-corrected chi connectivity index (χ0v) is 16.5. The lowest BCUT2D eigenvalue weighted by Gasteiger charge is -2.26. The van der Waals surface area contributed by atoms with Crippen LogP contribution in [0.4, 0.5) is 5.69 Å². The molecule has 0 aliphatic carbocycles. The molecule has 0 spiro atoms. The minimum absolute atomic E-state index is 0.164. The molecule has 0 unspecified atom stereocenters. The molecule has 0 atom stereocenters. The topological polar surface area (TPSA) is 66.5 Å². The van der Waals surface area contributed by atoms with E-state index in [-0.39, 0.29) is 17.3 Å². The van der Waals surface area contributed by atoms with Gasteiger partial charge in [-0.25, -0.2) is 8.42 Å². The third-order valence-electron chi connectivity index (χ3n) is 3.95. The van der Waals surface area contributed by atoms with Crippen LogP contribution < -0.4 is 9.62 Å². The molecule has 2 aromatic rings. The van der Waals surface area contributed by atoms with Crippen LogP contribution in [-0.4, -0.2) is 27.4 Å². The Morgan fingerprint density at radius 2 is 1.73 bits per heavy atom. The van der Waals surface area contributed by atoms with E-state index in [2.05, 4.69) is 5.32 Å². The van der Waals surface area contributed by atoms with Gasteiger partial charge >= 0.3 is 0 Å². The first-order valence-corrected chi connectivity index (χ1v) is 10.1. The van der Waals surface area contributed by atoms with Crippen molar-refractivity contribution in [2.75, 3.05) is 17.4 Å². The molecule has 2 rings (SSSR count). The second-order valence-electron chi connectivity index (χ2n) is 6.81. The van der Waals surface area contributed by atoms with Crippen molar-refractivity contribution in [2.24, 2.45) is 5.92 Å². The van der Waals surface area contributed by atoms with Gasteiger partial charge in [0.1, 0.15) is 6.54 Å². The SMILES string of the molecule is Cc1ccc(N(CC(=O)NCC(C)C)S(=O)(=O)c2ccccc2)c(C)c1. The number of aryl methyl sites for hydroxylation is 2. The molecule has 2 aromatic carbocycles. The largest absolute Gasteiger partial charge is 0.354 e. The molecule has 5 nitrogen and oxygen atoms in total. The normalized spacial score (nSPS) is 11.4. The number of rotatable bonds is 7. The zero-order valence-electron chi connectivity index (χ0n) is 15.7. The molecule has 0 fully saturated rings. The van der Waals surface area contributed by atoms with E-state index >= 15 is 0 Å². The molecule has 0 aromatic heterocycles. The van der Waals surface area contributed by atoms with Gasteiger partial charge < -0.3 is 5.32 Å². The summed E-state index contributed by atoms with van der Waals surface area (Å²) in [7, 11) is -3.85. The minimum Gasteiger partial charge on any atom is -0.354 e. The highest BCUT2D eigenvalue weighted by Gasteiger charge is 2.28. The summed E-state index contributed by atoms with van der Waals surface area (Å²) in [5, 5.41) is 2.79. The average Bonchev–Trinajstić information content (AvgIpc) is 2.59. The first-order chi connectivity index (χ1) is 12.2. The molecular formula is C20H26N2O3S. The molecule has 0 heterocycles. The Kier molecular flexibility index (Phi) is 6.42. The third kappa shape index (κ3) is 4.85. The predicted molar refractivity (Wildman–Crippen MR) is 105 cm³/mol. The van der Waals surface area contributed by atoms with Crippen molar-refractivity contribution in [1.29, 1.82) is 0 Å². The summed E-state index contributed by atoms with van der Waals surface area (Å²) in [4.78, 5) is 12.5. The van der Waals surface area contributed by atoms with E-state index < -0.39 is 10.0 Å². The van der Waals surface area contributed by atoms with E-state index in [0.29, 0.717) is 18.2 Å². The number of carbonyl (C=O) groups excluding carboxylic acids is 1. The van der Waals surface area contributed by atoms with Gasteiger partial charge in [-0.2, -0.15) is 0 Å². The fraction of sp³-hybridized carbons (Fsp3) is 0.350. The van der Waals surface area contributed by atoms with Crippen LogP contribution in [0.15, 0.2) is 53.4 Å². The molecule has 0 radical (unpaired) electrons. The highest BCUT2D eigenvalue weighted by molar-refractivity contribution is 7.92. The second-order valence-corrected chi connectivity index (χ2v) is 8.67. The molecule has 0 saturated carbocycles. The number of anilines is 1. The summed E-state index contributed by atoms with van der Waals surface area (Å²) in [6.45, 7) is 8.02. The second kappa shape index (κ2) is 8.36. The van der Waals surface area contributed by atoms with Crippen molar-refractivity contribution < 1.29 is 13.2 Å². The van der Waals surface area contributed by atoms with Crippen LogP contribution in [0.3, 0.4) is 0 Å². The van der Waals surface area contributed by atoms with Gasteiger partial charge in [0, 0.05) is 6.54 Å². The van der Waals surface area contributed by atoms with Crippen LogP contribution in [-0.2, 0) is 14.8 Å². The lowest BCUT2D eigenvalue weighted by atomic mass is 10.1. The number of nitrogens with one attached hydrogen (secondary N) is 1. The molecule has 1 amide bonds. The summed E-state index contributed by atoms with van der Waals surface area (Å²) in [5.41, 5.74) is 2.35. The van der Waals surface area contributed by atoms with Crippen molar-refractivity contribution in [3.8, 4) is 0 Å². The Morgan fingerprint density at radius 3 is 2.31 bits per heavy atom. The fourth-order valence-corrected chi connectivity index (χ4v) is 4.12. The zero-order chi connectivity index (χ0) is 19.3.